The van der Waals surface area contributed by atoms with Gasteiger partial charge < -0.3 is 10.5 Å². The molecule has 6 heteroatoms. The largest absolute Gasteiger partial charge is 0.469 e. The van der Waals surface area contributed by atoms with Gasteiger partial charge in [-0.3, -0.25) is 4.79 Å². The van der Waals surface area contributed by atoms with Crippen molar-refractivity contribution in [3.8, 4) is 11.8 Å². The molecule has 1 aromatic heterocycles. The van der Waals surface area contributed by atoms with Crippen molar-refractivity contribution in [3.63, 3.8) is 0 Å². The maximum atomic E-state index is 11.5. The van der Waals surface area contributed by atoms with E-state index >= 15 is 0 Å². The van der Waals surface area contributed by atoms with Gasteiger partial charge in [0, 0.05) is 5.41 Å². The van der Waals surface area contributed by atoms with E-state index in [1.807, 2.05) is 0 Å². The van der Waals surface area contributed by atoms with E-state index in [2.05, 4.69) is 22.0 Å². The highest BCUT2D eigenvalue weighted by Gasteiger charge is 2.71. The van der Waals surface area contributed by atoms with E-state index < -0.39 is 0 Å². The number of anilines is 1. The van der Waals surface area contributed by atoms with Crippen LogP contribution in [-0.4, -0.2) is 23.3 Å². The number of hydrogen-bond donors (Lipinski definition) is 1. The Balaban J connectivity index is 1.75. The third-order valence-corrected chi connectivity index (χ3v) is 4.09. The lowest BCUT2D eigenvalue weighted by Crippen LogP contribution is -2.65. The summed E-state index contributed by atoms with van der Waals surface area (Å²) in [5.41, 5.74) is 5.92. The Hall–Kier alpha value is -1.80. The average molecular weight is 278 g/mol. The summed E-state index contributed by atoms with van der Waals surface area (Å²) in [5, 5.41) is 7.61. The Kier molecular flexibility index (Phi) is 2.48. The van der Waals surface area contributed by atoms with Gasteiger partial charge in [-0.25, -0.2) is 0 Å². The highest BCUT2D eigenvalue weighted by molar-refractivity contribution is 6.29. The Morgan fingerprint density at radius 1 is 1.47 bits per heavy atom. The van der Waals surface area contributed by atoms with Crippen molar-refractivity contribution in [2.75, 3.05) is 12.8 Å². The highest BCUT2D eigenvalue weighted by atomic mass is 35.5. The van der Waals surface area contributed by atoms with Crippen LogP contribution in [0.3, 0.4) is 0 Å². The van der Waals surface area contributed by atoms with Gasteiger partial charge in [0.25, 0.3) is 0 Å². The molecule has 0 atom stereocenters. The number of methoxy groups -OCH3 is 1. The number of nitrogen functional groups attached to an aromatic ring is 1. The maximum Gasteiger partial charge on any atom is 0.311 e. The number of nitrogens with two attached hydrogens (primary N) is 1. The molecular weight excluding hydrogens is 266 g/mol. The van der Waals surface area contributed by atoms with Crippen LogP contribution in [0.15, 0.2) is 6.07 Å². The van der Waals surface area contributed by atoms with E-state index in [0.29, 0.717) is 5.56 Å². The quantitative estimate of drug-likeness (QED) is 0.620. The number of nitrogens with zero attached hydrogens (tertiary/aromatic N) is 2. The Labute approximate surface area is 115 Å². The summed E-state index contributed by atoms with van der Waals surface area (Å²) in [6.07, 6.45) is 2.31. The smallest absolute Gasteiger partial charge is 0.311 e. The van der Waals surface area contributed by atoms with Gasteiger partial charge in [0.05, 0.1) is 18.1 Å². The Morgan fingerprint density at radius 2 is 2.16 bits per heavy atom. The van der Waals surface area contributed by atoms with Crippen LogP contribution in [0.4, 0.5) is 5.82 Å². The van der Waals surface area contributed by atoms with Gasteiger partial charge in [-0.05, 0) is 25.3 Å². The fraction of sp³-hybridized carbons (Fsp3) is 0.462. The molecule has 0 aromatic carbocycles. The van der Waals surface area contributed by atoms with Gasteiger partial charge >= 0.3 is 5.97 Å². The molecule has 0 unspecified atom stereocenters. The number of rotatable bonds is 1. The van der Waals surface area contributed by atoms with Gasteiger partial charge in [-0.2, -0.15) is 0 Å². The zero-order chi connectivity index (χ0) is 13.7. The summed E-state index contributed by atoms with van der Waals surface area (Å²) in [5.74, 6) is 6.33. The van der Waals surface area contributed by atoms with E-state index in [4.69, 9.17) is 22.1 Å². The van der Waals surface area contributed by atoms with E-state index in [9.17, 15) is 4.79 Å². The van der Waals surface area contributed by atoms with E-state index in [1.54, 1.807) is 6.07 Å². The lowest BCUT2D eigenvalue weighted by molar-refractivity contribution is -0.205. The van der Waals surface area contributed by atoms with Gasteiger partial charge in [0.2, 0.25) is 0 Å². The minimum Gasteiger partial charge on any atom is -0.469 e. The summed E-state index contributed by atoms with van der Waals surface area (Å²) in [7, 11) is 1.42. The molecule has 2 bridgehead atoms. The second kappa shape index (κ2) is 3.84. The fourth-order valence-electron chi connectivity index (χ4n) is 3.03. The van der Waals surface area contributed by atoms with Gasteiger partial charge in [0.15, 0.2) is 11.0 Å². The molecule has 0 amide bonds. The first-order valence-electron chi connectivity index (χ1n) is 5.89. The van der Waals surface area contributed by atoms with Gasteiger partial charge in [-0.15, -0.1) is 10.2 Å². The number of ether oxygens (including phenoxy) is 1. The summed E-state index contributed by atoms with van der Waals surface area (Å²) >= 11 is 5.75. The monoisotopic (exact) mass is 277 g/mol. The van der Waals surface area contributed by atoms with Crippen molar-refractivity contribution < 1.29 is 9.53 Å². The number of carbonyl (C=O) groups is 1. The predicted molar refractivity (Wildman–Crippen MR) is 69.1 cm³/mol. The van der Waals surface area contributed by atoms with Gasteiger partial charge in [-0.1, -0.05) is 23.4 Å². The predicted octanol–water partition coefficient (Wildman–Crippen LogP) is 1.41. The molecule has 1 heterocycles. The van der Waals surface area contributed by atoms with Crippen LogP contribution in [0.25, 0.3) is 0 Å². The van der Waals surface area contributed by atoms with E-state index in [-0.39, 0.29) is 27.8 Å². The van der Waals surface area contributed by atoms with Gasteiger partial charge in [0.1, 0.15) is 0 Å². The summed E-state index contributed by atoms with van der Waals surface area (Å²) in [4.78, 5) is 11.5. The van der Waals surface area contributed by atoms with Crippen LogP contribution < -0.4 is 5.73 Å². The van der Waals surface area contributed by atoms with Crippen LogP contribution >= 0.6 is 11.6 Å². The molecule has 0 aliphatic heterocycles. The molecule has 0 saturated heterocycles. The molecule has 3 fully saturated rings. The molecule has 5 nitrogen and oxygen atoms in total. The number of carbonyl (C=O) groups excluding carboxylic acids is 1. The van der Waals surface area contributed by atoms with Crippen LogP contribution in [0, 0.1) is 22.7 Å². The van der Waals surface area contributed by atoms with Crippen molar-refractivity contribution >= 4 is 23.4 Å². The summed E-state index contributed by atoms with van der Waals surface area (Å²) in [6.45, 7) is 0. The zero-order valence-corrected chi connectivity index (χ0v) is 11.1. The van der Waals surface area contributed by atoms with Crippen molar-refractivity contribution in [3.05, 3.63) is 16.8 Å². The molecule has 3 saturated carbocycles. The zero-order valence-electron chi connectivity index (χ0n) is 10.4. The van der Waals surface area contributed by atoms with Crippen molar-refractivity contribution in [1.29, 1.82) is 0 Å². The molecule has 3 aliphatic carbocycles. The number of hydrogen-bond acceptors (Lipinski definition) is 5. The molecule has 3 aliphatic rings. The maximum absolute atomic E-state index is 11.5. The summed E-state index contributed by atoms with van der Waals surface area (Å²) in [6, 6.07) is 1.60. The lowest BCUT2D eigenvalue weighted by Gasteiger charge is -2.65. The fourth-order valence-corrected chi connectivity index (χ4v) is 3.18. The summed E-state index contributed by atoms with van der Waals surface area (Å²) < 4.78 is 4.79. The highest BCUT2D eigenvalue weighted by Crippen LogP contribution is 2.73. The van der Waals surface area contributed by atoms with Crippen LogP contribution in [0.1, 0.15) is 24.8 Å². The van der Waals surface area contributed by atoms with Crippen molar-refractivity contribution in [2.24, 2.45) is 10.8 Å². The lowest BCUT2D eigenvalue weighted by atomic mass is 9.35. The standard InChI is InChI=1S/C13H12ClN3O2/c1-19-11(18)13-5-12(6-13,7-13)3-2-8-4-9(14)16-17-10(8)15/h4H,5-7H2,1H3,(H2,15,17). The molecule has 19 heavy (non-hydrogen) atoms. The Morgan fingerprint density at radius 3 is 2.79 bits per heavy atom. The first kappa shape index (κ1) is 12.2. The first-order valence-corrected chi connectivity index (χ1v) is 6.27. The number of esters is 1. The minimum atomic E-state index is -0.275. The Bertz CT molecular complexity index is 613. The second-order valence-electron chi connectivity index (χ2n) is 5.30. The second-order valence-corrected chi connectivity index (χ2v) is 5.69. The first-order chi connectivity index (χ1) is 8.99. The normalized spacial score (nSPS) is 30.4. The van der Waals surface area contributed by atoms with E-state index in [0.717, 1.165) is 19.3 Å². The number of halogens is 1. The molecule has 98 valence electrons. The molecule has 4 rings (SSSR count). The van der Waals surface area contributed by atoms with Crippen LogP contribution in [-0.2, 0) is 9.53 Å². The van der Waals surface area contributed by atoms with Crippen LogP contribution in [0.2, 0.25) is 5.15 Å². The number of aromatic nitrogens is 2. The van der Waals surface area contributed by atoms with E-state index in [1.165, 1.54) is 7.11 Å². The van der Waals surface area contributed by atoms with Crippen LogP contribution in [0.5, 0.6) is 0 Å². The topological polar surface area (TPSA) is 78.1 Å². The average Bonchev–Trinajstić information content (AvgIpc) is 2.29. The minimum absolute atomic E-state index is 0.0592. The molecule has 2 N–H and O–H groups in total. The van der Waals surface area contributed by atoms with Crippen molar-refractivity contribution in [1.82, 2.24) is 10.2 Å². The molecule has 0 spiro atoms. The molecule has 0 radical (unpaired) electrons. The SMILES string of the molecule is COC(=O)C12CC(C#Cc3cc(Cl)nnc3N)(C1)C2. The molecule has 1 aromatic rings. The molecular formula is C13H12ClN3O2. The third-order valence-electron chi connectivity index (χ3n) is 3.90. The third kappa shape index (κ3) is 1.75. The van der Waals surface area contributed by atoms with Crippen molar-refractivity contribution in [2.45, 2.75) is 19.3 Å².